The van der Waals surface area contributed by atoms with Crippen LogP contribution in [0.5, 0.6) is 0 Å². The fourth-order valence-electron chi connectivity index (χ4n) is 8.83. The summed E-state index contributed by atoms with van der Waals surface area (Å²) in [4.78, 5) is 2.04. The summed E-state index contributed by atoms with van der Waals surface area (Å²) in [6, 6.07) is 6.55. The predicted molar refractivity (Wildman–Crippen MR) is 145 cm³/mol. The van der Waals surface area contributed by atoms with Crippen LogP contribution in [0.15, 0.2) is 47.6 Å². The Bertz CT molecular complexity index is 1420. The van der Waals surface area contributed by atoms with Crippen molar-refractivity contribution in [2.75, 3.05) is 14.1 Å². The second kappa shape index (κ2) is 7.23. The molecular weight excluding hydrogens is 462 g/mol. The van der Waals surface area contributed by atoms with Crippen molar-refractivity contribution in [1.82, 2.24) is 15.1 Å². The van der Waals surface area contributed by atoms with Gasteiger partial charge < -0.3 is 19.8 Å². The number of H-pyrrole nitrogens is 1. The number of likely N-dealkylation sites (N-methyl/N-ethyl adjacent to an activating group) is 1. The van der Waals surface area contributed by atoms with Crippen molar-refractivity contribution in [1.29, 1.82) is 0 Å². The second-order valence-corrected chi connectivity index (χ2v) is 13.3. The summed E-state index contributed by atoms with van der Waals surface area (Å²) in [7, 11) is 3.96. The first-order chi connectivity index (χ1) is 17.4. The monoisotopic (exact) mass is 501 g/mol. The Morgan fingerprint density at radius 1 is 1.14 bits per heavy atom. The average Bonchev–Trinajstić information content (AvgIpc) is 3.51. The van der Waals surface area contributed by atoms with E-state index in [1.165, 1.54) is 22.1 Å². The molecule has 3 aliphatic carbocycles. The molecule has 1 saturated carbocycles. The number of aromatic amines is 1. The first-order valence-corrected chi connectivity index (χ1v) is 13.8. The number of allylic oxidation sites excluding steroid dienone is 3. The lowest BCUT2D eigenvalue weighted by Crippen LogP contribution is -2.63. The zero-order chi connectivity index (χ0) is 26.1. The van der Waals surface area contributed by atoms with E-state index in [0.717, 1.165) is 36.0 Å². The smallest absolute Gasteiger partial charge is 0.105 e. The second-order valence-electron chi connectivity index (χ2n) is 13.3. The standard InChI is InChI=1S/C31H39N3O3/c1-17-20-8-7-18(13-23(20)33-32-17)21-9-10-25-29(21,4)28(2,3)15-19-14-22-26(35)27(36)24(34(5)6)16-30(22)11-12-31(19,25)37-30/h7-9,13-15,24-27,35-36H,10-12,16H2,1-6H3,(H,32,33). The molecule has 0 amide bonds. The summed E-state index contributed by atoms with van der Waals surface area (Å²) >= 11 is 0. The Hall–Kier alpha value is -2.25. The number of aryl methyl sites for hydroxylation is 1. The maximum atomic E-state index is 11.3. The molecule has 1 aromatic heterocycles. The first kappa shape index (κ1) is 23.8. The Morgan fingerprint density at radius 3 is 2.68 bits per heavy atom. The fraction of sp³-hybridized carbons (Fsp3) is 0.581. The summed E-state index contributed by atoms with van der Waals surface area (Å²) < 4.78 is 7.32. The number of nitrogens with zero attached hydrogens (tertiary/aromatic N) is 2. The van der Waals surface area contributed by atoms with Crippen molar-refractivity contribution in [2.45, 2.75) is 82.8 Å². The Balaban J connectivity index is 1.36. The van der Waals surface area contributed by atoms with Crippen LogP contribution in [0.1, 0.15) is 57.7 Å². The molecule has 6 nitrogen and oxygen atoms in total. The zero-order valence-corrected chi connectivity index (χ0v) is 22.8. The van der Waals surface area contributed by atoms with Crippen molar-refractivity contribution in [3.63, 3.8) is 0 Å². The molecule has 6 heteroatoms. The van der Waals surface area contributed by atoms with Gasteiger partial charge in [-0.3, -0.25) is 5.10 Å². The number of hydrogen-bond acceptors (Lipinski definition) is 5. The number of ether oxygens (including phenoxy) is 1. The number of rotatable bonds is 2. The van der Waals surface area contributed by atoms with E-state index in [4.69, 9.17) is 4.74 Å². The topological polar surface area (TPSA) is 81.6 Å². The molecule has 1 saturated heterocycles. The quantitative estimate of drug-likeness (QED) is 0.563. The van der Waals surface area contributed by atoms with Crippen LogP contribution in [0.3, 0.4) is 0 Å². The molecule has 0 radical (unpaired) electrons. The lowest BCUT2D eigenvalue weighted by Gasteiger charge is -2.60. The van der Waals surface area contributed by atoms with Gasteiger partial charge >= 0.3 is 0 Å². The number of hydrogen-bond donors (Lipinski definition) is 3. The highest BCUT2D eigenvalue weighted by Gasteiger charge is 2.70. The predicted octanol–water partition coefficient (Wildman–Crippen LogP) is 4.53. The minimum absolute atomic E-state index is 0.125. The highest BCUT2D eigenvalue weighted by atomic mass is 16.5. The number of aliphatic hydroxyl groups excluding tert-OH is 2. The van der Waals surface area contributed by atoms with E-state index >= 15 is 0 Å². The van der Waals surface area contributed by atoms with Crippen LogP contribution in [0.25, 0.3) is 16.5 Å². The molecule has 7 rings (SSSR count). The average molecular weight is 502 g/mol. The molecule has 5 aliphatic rings. The van der Waals surface area contributed by atoms with Gasteiger partial charge in [0.15, 0.2) is 0 Å². The molecule has 3 N–H and O–H groups in total. The van der Waals surface area contributed by atoms with Gasteiger partial charge in [0.25, 0.3) is 0 Å². The number of benzene rings is 1. The molecule has 2 spiro atoms. The van der Waals surface area contributed by atoms with Crippen molar-refractivity contribution < 1.29 is 14.9 Å². The van der Waals surface area contributed by atoms with E-state index < -0.39 is 17.8 Å². The molecule has 2 aliphatic heterocycles. The molecule has 196 valence electrons. The van der Waals surface area contributed by atoms with E-state index in [9.17, 15) is 10.2 Å². The van der Waals surface area contributed by atoms with Crippen LogP contribution >= 0.6 is 0 Å². The molecule has 3 heterocycles. The molecule has 7 unspecified atom stereocenters. The maximum Gasteiger partial charge on any atom is 0.105 e. The normalized spacial score (nSPS) is 41.7. The SMILES string of the molecule is Cc1[nH]nc2cc(C3=CCC4C56CCC7(CC(N(C)C)C(O)C(O)C7=CC5=CC(C)(C)C34C)O6)ccc12. The number of nitrogens with one attached hydrogen (secondary N) is 1. The van der Waals surface area contributed by atoms with Gasteiger partial charge in [-0.1, -0.05) is 51.1 Å². The largest absolute Gasteiger partial charge is 0.388 e. The highest BCUT2D eigenvalue weighted by molar-refractivity contribution is 5.87. The Kier molecular flexibility index (Phi) is 4.66. The van der Waals surface area contributed by atoms with Gasteiger partial charge in [-0.25, -0.2) is 0 Å². The van der Waals surface area contributed by atoms with Crippen molar-refractivity contribution in [2.24, 2.45) is 16.7 Å². The third kappa shape index (κ3) is 2.77. The lowest BCUT2D eigenvalue weighted by atomic mass is 9.49. The Morgan fingerprint density at radius 2 is 1.92 bits per heavy atom. The van der Waals surface area contributed by atoms with E-state index in [1.54, 1.807) is 0 Å². The van der Waals surface area contributed by atoms with E-state index in [0.29, 0.717) is 12.3 Å². The van der Waals surface area contributed by atoms with E-state index in [-0.39, 0.29) is 22.5 Å². The van der Waals surface area contributed by atoms with Crippen molar-refractivity contribution >= 4 is 16.5 Å². The summed E-state index contributed by atoms with van der Waals surface area (Å²) in [5, 5.41) is 31.1. The molecule has 7 atom stereocenters. The van der Waals surface area contributed by atoms with E-state index in [1.807, 2.05) is 19.0 Å². The number of aromatic nitrogens is 2. The fourth-order valence-corrected chi connectivity index (χ4v) is 8.83. The van der Waals surface area contributed by atoms with Crippen molar-refractivity contribution in [3.05, 3.63) is 58.8 Å². The Labute approximate surface area is 219 Å². The van der Waals surface area contributed by atoms with Gasteiger partial charge in [0.2, 0.25) is 0 Å². The summed E-state index contributed by atoms with van der Waals surface area (Å²) in [5.74, 6) is 0.292. The molecule has 37 heavy (non-hydrogen) atoms. The molecule has 2 aromatic rings. The molecule has 2 bridgehead atoms. The van der Waals surface area contributed by atoms with Gasteiger partial charge in [0.1, 0.15) is 6.10 Å². The molecule has 2 fully saturated rings. The molecular formula is C31H39N3O3. The van der Waals surface area contributed by atoms with Gasteiger partial charge in [0, 0.05) is 28.5 Å². The van der Waals surface area contributed by atoms with Gasteiger partial charge in [0.05, 0.1) is 22.8 Å². The van der Waals surface area contributed by atoms with Crippen LogP contribution in [0.4, 0.5) is 0 Å². The van der Waals surface area contributed by atoms with Gasteiger partial charge in [-0.15, -0.1) is 0 Å². The minimum Gasteiger partial charge on any atom is -0.388 e. The number of fused-ring (bicyclic) bond motifs is 2. The van der Waals surface area contributed by atoms with Crippen LogP contribution in [0.2, 0.25) is 0 Å². The third-order valence-electron chi connectivity index (χ3n) is 11.1. The molecule has 1 aromatic carbocycles. The minimum atomic E-state index is -0.907. The summed E-state index contributed by atoms with van der Waals surface area (Å²) in [6.07, 6.45) is 8.86. The van der Waals surface area contributed by atoms with Crippen LogP contribution in [0, 0.1) is 23.7 Å². The lowest BCUT2D eigenvalue weighted by molar-refractivity contribution is -0.170. The number of aliphatic hydroxyl groups is 2. The maximum absolute atomic E-state index is 11.3. The van der Waals surface area contributed by atoms with Gasteiger partial charge in [-0.2, -0.15) is 5.10 Å². The zero-order valence-electron chi connectivity index (χ0n) is 22.8. The van der Waals surface area contributed by atoms with Crippen molar-refractivity contribution in [3.8, 4) is 0 Å². The van der Waals surface area contributed by atoms with Crippen LogP contribution in [-0.2, 0) is 4.74 Å². The summed E-state index contributed by atoms with van der Waals surface area (Å²) in [6.45, 7) is 9.20. The van der Waals surface area contributed by atoms with Crippen LogP contribution in [-0.4, -0.2) is 68.9 Å². The van der Waals surface area contributed by atoms with E-state index in [2.05, 4.69) is 74.3 Å². The van der Waals surface area contributed by atoms with Gasteiger partial charge in [-0.05, 0) is 80.5 Å². The summed E-state index contributed by atoms with van der Waals surface area (Å²) in [5.41, 5.74) is 5.67. The van der Waals surface area contributed by atoms with Crippen LogP contribution < -0.4 is 0 Å². The third-order valence-corrected chi connectivity index (χ3v) is 11.1. The first-order valence-electron chi connectivity index (χ1n) is 13.8. The highest BCUT2D eigenvalue weighted by Crippen LogP contribution is 2.71.